The molecule has 6 radical (unpaired) electrons. The maximum atomic E-state index is 12.5. The summed E-state index contributed by atoms with van der Waals surface area (Å²) in [4.78, 5) is 28.4. The Morgan fingerprint density at radius 2 is 1.95 bits per heavy atom. The second kappa shape index (κ2) is 8.80. The van der Waals surface area contributed by atoms with Crippen LogP contribution < -0.4 is 15.5 Å². The van der Waals surface area contributed by atoms with Gasteiger partial charge in [-0.15, -0.1) is 0 Å². The summed E-state index contributed by atoms with van der Waals surface area (Å²) < 4.78 is 11.5. The van der Waals surface area contributed by atoms with E-state index < -0.39 is 5.24 Å². The lowest BCUT2D eigenvalue weighted by Crippen LogP contribution is -2.51. The number of carbonyl (C=O) groups excluding carboxylic acids is 1. The van der Waals surface area contributed by atoms with Crippen LogP contribution in [0.25, 0.3) is 33.3 Å². The molecule has 9 nitrogen and oxygen atoms in total. The molecule has 1 aromatic carbocycles. The van der Waals surface area contributed by atoms with Crippen molar-refractivity contribution in [3.05, 3.63) is 36.7 Å². The number of amides is 1. The summed E-state index contributed by atoms with van der Waals surface area (Å²) in [5.74, 6) is 1.48. The smallest absolute Gasteiger partial charge is 0.229 e. The van der Waals surface area contributed by atoms with Crippen LogP contribution in [0.1, 0.15) is 13.3 Å². The third kappa shape index (κ3) is 4.66. The molecule has 2 aliphatic rings. The monoisotopic (exact) mass is 488 g/mol. The van der Waals surface area contributed by atoms with Crippen molar-refractivity contribution >= 4 is 68.6 Å². The maximum Gasteiger partial charge on any atom is 0.229 e. The number of ether oxygens (including phenoxy) is 1. The molecule has 1 saturated carbocycles. The van der Waals surface area contributed by atoms with Crippen LogP contribution in [-0.2, 0) is 9.53 Å². The second-order valence-corrected chi connectivity index (χ2v) is 9.94. The van der Waals surface area contributed by atoms with E-state index in [4.69, 9.17) is 37.7 Å². The van der Waals surface area contributed by atoms with Crippen LogP contribution in [0.3, 0.4) is 0 Å². The van der Waals surface area contributed by atoms with Gasteiger partial charge in [-0.05, 0) is 36.6 Å². The van der Waals surface area contributed by atoms with Crippen molar-refractivity contribution in [3.63, 3.8) is 0 Å². The Labute approximate surface area is 218 Å². The van der Waals surface area contributed by atoms with Gasteiger partial charge >= 0.3 is 0 Å². The topological polar surface area (TPSA) is 105 Å². The summed E-state index contributed by atoms with van der Waals surface area (Å²) >= 11 is 0. The zero-order chi connectivity index (χ0) is 25.9. The third-order valence-electron chi connectivity index (χ3n) is 6.95. The minimum absolute atomic E-state index is 0.00998. The molecule has 4 aromatic rings. The Balaban J connectivity index is 1.40. The number of hydrogen-bond donors (Lipinski definition) is 2. The van der Waals surface area contributed by atoms with Crippen LogP contribution in [0.5, 0.6) is 0 Å². The molecule has 0 unspecified atom stereocenters. The molecule has 1 aliphatic heterocycles. The molecule has 3 aromatic heterocycles. The van der Waals surface area contributed by atoms with Crippen molar-refractivity contribution in [2.24, 2.45) is 11.8 Å². The first-order chi connectivity index (χ1) is 17.7. The molecule has 12 heteroatoms. The zero-order valence-corrected chi connectivity index (χ0v) is 20.6. The van der Waals surface area contributed by atoms with Crippen LogP contribution >= 0.6 is 0 Å². The van der Waals surface area contributed by atoms with E-state index in [0.717, 1.165) is 30.7 Å². The highest BCUT2D eigenvalue weighted by Gasteiger charge is 2.39. The number of nitrogens with zero attached hydrogens (tertiary/aromatic N) is 4. The fraction of sp³-hybridized carbons (Fsp3) is 0.360. The molecule has 1 saturated heterocycles. The molecule has 0 spiro atoms. The van der Waals surface area contributed by atoms with Crippen LogP contribution in [0.15, 0.2) is 41.1 Å². The number of anilines is 3. The maximum absolute atomic E-state index is 12.5. The molecular weight excluding hydrogens is 465 g/mol. The molecule has 0 bridgehead atoms. The quantitative estimate of drug-likeness (QED) is 0.383. The fourth-order valence-corrected chi connectivity index (χ4v) is 4.61. The molecular formula is C25H23B3N6O3. The molecule has 2 atom stereocenters. The van der Waals surface area contributed by atoms with Gasteiger partial charge in [0, 0.05) is 55.0 Å². The van der Waals surface area contributed by atoms with E-state index in [1.807, 2.05) is 18.2 Å². The lowest BCUT2D eigenvalue weighted by Gasteiger charge is -2.39. The Hall–Kier alpha value is -3.53. The zero-order valence-electron chi connectivity index (χ0n) is 20.6. The van der Waals surface area contributed by atoms with E-state index in [1.54, 1.807) is 25.6 Å². The standard InChI is InChI=1S/C25H23B3N6O3/c1-12-5-15(12)23(35)32-21-7-16-17(8-29-21)22(33-25(26,27)28)30-9-18(16)24-31-19-6-13(3-4-20(19)37-24)34-10-14(11-34)36-2/h3-4,6-9,12,14-15H,5,10-11H2,1-2H3,(H,30,33)(H,29,32,35)/t12-,15+/m1/s1. The van der Waals surface area contributed by atoms with Gasteiger partial charge in [0.2, 0.25) is 11.8 Å². The van der Waals surface area contributed by atoms with Gasteiger partial charge in [0.05, 0.1) is 35.2 Å². The van der Waals surface area contributed by atoms with Crippen LogP contribution in [0.2, 0.25) is 0 Å². The molecule has 6 rings (SSSR count). The second-order valence-electron chi connectivity index (χ2n) is 9.94. The first kappa shape index (κ1) is 23.8. The predicted molar refractivity (Wildman–Crippen MR) is 145 cm³/mol. The fourth-order valence-electron chi connectivity index (χ4n) is 4.61. The summed E-state index contributed by atoms with van der Waals surface area (Å²) in [5.41, 5.74) is 3.04. The van der Waals surface area contributed by atoms with Gasteiger partial charge in [0.25, 0.3) is 0 Å². The minimum atomic E-state index is -1.69. The number of rotatable bonds is 7. The number of nitrogens with one attached hydrogen (secondary N) is 2. The van der Waals surface area contributed by atoms with Crippen molar-refractivity contribution in [1.82, 2.24) is 15.0 Å². The van der Waals surface area contributed by atoms with Crippen LogP contribution in [0.4, 0.5) is 17.3 Å². The van der Waals surface area contributed by atoms with Gasteiger partial charge in [0.1, 0.15) is 17.2 Å². The Morgan fingerprint density at radius 3 is 2.65 bits per heavy atom. The summed E-state index contributed by atoms with van der Waals surface area (Å²) in [6.07, 6.45) is 4.31. The van der Waals surface area contributed by atoms with Crippen molar-refractivity contribution < 1.29 is 13.9 Å². The largest absolute Gasteiger partial charge is 0.436 e. The molecule has 180 valence electrons. The molecule has 37 heavy (non-hydrogen) atoms. The van der Waals surface area contributed by atoms with E-state index in [2.05, 4.69) is 32.4 Å². The normalized spacial score (nSPS) is 19.7. The Kier molecular flexibility index (Phi) is 5.67. The number of carbonyl (C=O) groups is 1. The number of methoxy groups -OCH3 is 1. The van der Waals surface area contributed by atoms with Gasteiger partial charge in [-0.2, -0.15) is 0 Å². The number of oxazole rings is 1. The summed E-state index contributed by atoms with van der Waals surface area (Å²) in [6, 6.07) is 7.67. The summed E-state index contributed by atoms with van der Waals surface area (Å²) in [5, 5.41) is 5.29. The first-order valence-electron chi connectivity index (χ1n) is 12.1. The van der Waals surface area contributed by atoms with E-state index in [0.29, 0.717) is 45.4 Å². The van der Waals surface area contributed by atoms with Crippen LogP contribution in [0, 0.1) is 11.8 Å². The highest BCUT2D eigenvalue weighted by atomic mass is 16.5. The number of hydrogen-bond acceptors (Lipinski definition) is 8. The number of fused-ring (bicyclic) bond motifs is 2. The highest BCUT2D eigenvalue weighted by Crippen LogP contribution is 2.39. The van der Waals surface area contributed by atoms with E-state index in [-0.39, 0.29) is 17.9 Å². The minimum Gasteiger partial charge on any atom is -0.436 e. The van der Waals surface area contributed by atoms with Crippen molar-refractivity contribution in [3.8, 4) is 11.5 Å². The lowest BCUT2D eigenvalue weighted by atomic mass is 9.49. The van der Waals surface area contributed by atoms with Crippen LogP contribution in [-0.4, -0.2) is 75.9 Å². The molecule has 2 fully saturated rings. The number of aromatic nitrogens is 3. The highest BCUT2D eigenvalue weighted by molar-refractivity contribution is 6.60. The van der Waals surface area contributed by atoms with Gasteiger partial charge in [-0.1, -0.05) is 12.2 Å². The van der Waals surface area contributed by atoms with E-state index in [9.17, 15) is 4.79 Å². The summed E-state index contributed by atoms with van der Waals surface area (Å²) in [7, 11) is 19.0. The first-order valence-corrected chi connectivity index (χ1v) is 12.1. The van der Waals surface area contributed by atoms with Gasteiger partial charge in [-0.3, -0.25) is 4.79 Å². The summed E-state index contributed by atoms with van der Waals surface area (Å²) in [6.45, 7) is 3.72. The van der Waals surface area contributed by atoms with E-state index >= 15 is 0 Å². The SMILES string of the molecule is [B]C([B])([B])Nc1ncc(-c2nc3cc(N4CC(OC)C4)ccc3o2)c2cc(NC(=O)[C@H]3C[C@H]3C)ncc12. The van der Waals surface area contributed by atoms with Crippen molar-refractivity contribution in [2.45, 2.75) is 24.7 Å². The van der Waals surface area contributed by atoms with E-state index in [1.165, 1.54) is 0 Å². The number of pyridine rings is 2. The average Bonchev–Trinajstić information content (AvgIpc) is 3.40. The van der Waals surface area contributed by atoms with Gasteiger partial charge in [0.15, 0.2) is 5.58 Å². The Morgan fingerprint density at radius 1 is 1.16 bits per heavy atom. The lowest BCUT2D eigenvalue weighted by molar-refractivity contribution is -0.117. The Bertz CT molecular complexity index is 1520. The third-order valence-corrected chi connectivity index (χ3v) is 6.95. The van der Waals surface area contributed by atoms with Gasteiger partial charge < -0.3 is 24.7 Å². The average molecular weight is 488 g/mol. The molecule has 1 amide bonds. The van der Waals surface area contributed by atoms with Crippen molar-refractivity contribution in [2.75, 3.05) is 35.7 Å². The molecule has 2 N–H and O–H groups in total. The molecule has 1 aliphatic carbocycles. The predicted octanol–water partition coefficient (Wildman–Crippen LogP) is 2.40. The van der Waals surface area contributed by atoms with Crippen molar-refractivity contribution in [1.29, 1.82) is 0 Å². The van der Waals surface area contributed by atoms with Gasteiger partial charge in [-0.25, -0.2) is 15.0 Å². The number of benzene rings is 1. The molecule has 4 heterocycles.